The van der Waals surface area contributed by atoms with E-state index >= 15 is 0 Å². The molecule has 2 fully saturated rings. The summed E-state index contributed by atoms with van der Waals surface area (Å²) in [6, 6.07) is 22.0. The van der Waals surface area contributed by atoms with Crippen molar-refractivity contribution in [2.75, 3.05) is 46.3 Å². The Morgan fingerprint density at radius 2 is 1.69 bits per heavy atom. The monoisotopic (exact) mass is 471 g/mol. The Morgan fingerprint density at radius 3 is 2.40 bits per heavy atom. The van der Waals surface area contributed by atoms with E-state index in [-0.39, 0.29) is 6.04 Å². The third-order valence-electron chi connectivity index (χ3n) is 7.51. The van der Waals surface area contributed by atoms with Crippen molar-refractivity contribution in [2.24, 2.45) is 0 Å². The number of aromatic nitrogens is 4. The van der Waals surface area contributed by atoms with Crippen LogP contribution in [0.5, 0.6) is 0 Å². The van der Waals surface area contributed by atoms with Crippen LogP contribution >= 0.6 is 0 Å². The number of aryl methyl sites for hydroxylation is 1. The molecule has 2 unspecified atom stereocenters. The van der Waals surface area contributed by atoms with Gasteiger partial charge >= 0.3 is 0 Å². The van der Waals surface area contributed by atoms with Gasteiger partial charge in [0.25, 0.3) is 0 Å². The van der Waals surface area contributed by atoms with Gasteiger partial charge in [-0.05, 0) is 54.4 Å². The van der Waals surface area contributed by atoms with Gasteiger partial charge in [-0.2, -0.15) is 0 Å². The first-order chi connectivity index (χ1) is 17.3. The van der Waals surface area contributed by atoms with Gasteiger partial charge < -0.3 is 4.90 Å². The van der Waals surface area contributed by atoms with Gasteiger partial charge in [-0.1, -0.05) is 72.8 Å². The summed E-state index contributed by atoms with van der Waals surface area (Å²) in [5.74, 6) is 0.967. The van der Waals surface area contributed by atoms with Gasteiger partial charge in [-0.15, -0.1) is 5.10 Å². The van der Waals surface area contributed by atoms with E-state index in [2.05, 4.69) is 115 Å². The molecule has 0 saturated carbocycles. The first-order valence-corrected chi connectivity index (χ1v) is 13.0. The van der Waals surface area contributed by atoms with Crippen LogP contribution in [-0.2, 0) is 6.54 Å². The van der Waals surface area contributed by atoms with Gasteiger partial charge in [0.05, 0.1) is 6.04 Å². The van der Waals surface area contributed by atoms with Crippen molar-refractivity contribution in [3.63, 3.8) is 0 Å². The molecule has 2 aliphatic rings. The molecule has 0 spiro atoms. The highest BCUT2D eigenvalue weighted by atomic mass is 15.6. The zero-order chi connectivity index (χ0) is 23.9. The number of nitrogens with zero attached hydrogens (tertiary/aromatic N) is 7. The number of tetrazole rings is 1. The third kappa shape index (κ3) is 6.04. The molecule has 184 valence electrons. The highest BCUT2D eigenvalue weighted by molar-refractivity contribution is 5.48. The molecule has 0 amide bonds. The van der Waals surface area contributed by atoms with Gasteiger partial charge in [0.2, 0.25) is 0 Å². The van der Waals surface area contributed by atoms with Crippen molar-refractivity contribution < 1.29 is 0 Å². The molecule has 2 saturated heterocycles. The molecule has 5 rings (SSSR count). The maximum atomic E-state index is 4.56. The Hall–Kier alpha value is -2.87. The molecule has 7 nitrogen and oxygen atoms in total. The quantitative estimate of drug-likeness (QED) is 0.476. The summed E-state index contributed by atoms with van der Waals surface area (Å²) in [7, 11) is 2.24. The first-order valence-electron chi connectivity index (χ1n) is 13.0. The van der Waals surface area contributed by atoms with Crippen molar-refractivity contribution in [1.29, 1.82) is 0 Å². The van der Waals surface area contributed by atoms with E-state index in [0.29, 0.717) is 6.04 Å². The Morgan fingerprint density at radius 1 is 0.943 bits per heavy atom. The fraction of sp³-hybridized carbons (Fsp3) is 0.464. The fourth-order valence-electron chi connectivity index (χ4n) is 5.45. The van der Waals surface area contributed by atoms with E-state index in [1.165, 1.54) is 30.5 Å². The Bertz CT molecular complexity index is 1060. The lowest BCUT2D eigenvalue weighted by atomic mass is 10.0. The molecule has 0 radical (unpaired) electrons. The van der Waals surface area contributed by atoms with Crippen molar-refractivity contribution in [3.8, 4) is 0 Å². The van der Waals surface area contributed by atoms with Gasteiger partial charge in [-0.3, -0.25) is 9.80 Å². The predicted molar refractivity (Wildman–Crippen MR) is 140 cm³/mol. The summed E-state index contributed by atoms with van der Waals surface area (Å²) in [6.45, 7) is 7.11. The Labute approximate surface area is 209 Å². The van der Waals surface area contributed by atoms with Crippen molar-refractivity contribution >= 4 is 6.08 Å². The molecule has 35 heavy (non-hydrogen) atoms. The molecule has 0 aliphatic carbocycles. The first kappa shape index (κ1) is 23.9. The van der Waals surface area contributed by atoms with Gasteiger partial charge in [0.1, 0.15) is 0 Å². The minimum absolute atomic E-state index is 0.0783. The van der Waals surface area contributed by atoms with Crippen LogP contribution in [0.4, 0.5) is 0 Å². The number of hydrogen-bond acceptors (Lipinski definition) is 6. The van der Waals surface area contributed by atoms with E-state index in [9.17, 15) is 0 Å². The lowest BCUT2D eigenvalue weighted by Crippen LogP contribution is -2.48. The van der Waals surface area contributed by atoms with Crippen LogP contribution in [0.25, 0.3) is 6.08 Å². The summed E-state index contributed by atoms with van der Waals surface area (Å²) in [5.41, 5.74) is 2.52. The average Bonchev–Trinajstić information content (AvgIpc) is 3.54. The molecule has 0 bridgehead atoms. The largest absolute Gasteiger partial charge is 0.303 e. The summed E-state index contributed by atoms with van der Waals surface area (Å²) >= 11 is 0. The summed E-state index contributed by atoms with van der Waals surface area (Å²) < 4.78 is 2.05. The van der Waals surface area contributed by atoms with E-state index in [0.717, 1.165) is 51.5 Å². The molecule has 0 N–H and O–H groups in total. The maximum absolute atomic E-state index is 4.56. The second kappa shape index (κ2) is 11.7. The standard InChI is InChI=1S/C28H37N7/c1-32-17-9-15-26(32)16-19-35-28(29-30-31-35)27(25-13-6-3-7-14-25)34-22-20-33(21-23-34)18-8-12-24-10-4-2-5-11-24/h2-8,10-14,26-27H,9,15-23H2,1H3/b12-8+. The number of rotatable bonds is 9. The second-order valence-electron chi connectivity index (χ2n) is 9.79. The maximum Gasteiger partial charge on any atom is 0.173 e. The molecular weight excluding hydrogens is 434 g/mol. The normalized spacial score (nSPS) is 21.1. The SMILES string of the molecule is CN1CCCC1CCn1nnnc1C(c1ccccc1)N1CCN(C/C=C/c2ccccc2)CC1. The third-order valence-corrected chi connectivity index (χ3v) is 7.51. The molecule has 3 aromatic rings. The Balaban J connectivity index is 1.25. The lowest BCUT2D eigenvalue weighted by molar-refractivity contribution is 0.112. The summed E-state index contributed by atoms with van der Waals surface area (Å²) in [4.78, 5) is 7.55. The average molecular weight is 472 g/mol. The van der Waals surface area contributed by atoms with Gasteiger partial charge in [0, 0.05) is 45.3 Å². The molecule has 7 heteroatoms. The van der Waals surface area contributed by atoms with Crippen LogP contribution in [0.1, 0.15) is 42.3 Å². The zero-order valence-corrected chi connectivity index (χ0v) is 20.8. The van der Waals surface area contributed by atoms with Crippen LogP contribution < -0.4 is 0 Å². The Kier molecular flexibility index (Phi) is 7.98. The summed E-state index contributed by atoms with van der Waals surface area (Å²) in [6.07, 6.45) is 8.16. The second-order valence-corrected chi connectivity index (χ2v) is 9.79. The smallest absolute Gasteiger partial charge is 0.173 e. The predicted octanol–water partition coefficient (Wildman–Crippen LogP) is 3.58. The van der Waals surface area contributed by atoms with E-state index in [1.54, 1.807) is 0 Å². The molecule has 1 aromatic heterocycles. The van der Waals surface area contributed by atoms with Crippen LogP contribution in [0.2, 0.25) is 0 Å². The van der Waals surface area contributed by atoms with E-state index in [1.807, 2.05) is 0 Å². The number of hydrogen-bond donors (Lipinski definition) is 0. The molecule has 2 atom stereocenters. The van der Waals surface area contributed by atoms with Crippen LogP contribution in [-0.4, -0.2) is 87.3 Å². The van der Waals surface area contributed by atoms with Crippen LogP contribution in [0.3, 0.4) is 0 Å². The van der Waals surface area contributed by atoms with E-state index < -0.39 is 0 Å². The molecule has 3 heterocycles. The molecule has 2 aromatic carbocycles. The van der Waals surface area contributed by atoms with Crippen molar-refractivity contribution in [1.82, 2.24) is 34.9 Å². The number of piperazine rings is 1. The van der Waals surface area contributed by atoms with E-state index in [4.69, 9.17) is 0 Å². The molecule has 2 aliphatic heterocycles. The van der Waals surface area contributed by atoms with Gasteiger partial charge in [-0.25, -0.2) is 4.68 Å². The topological polar surface area (TPSA) is 53.3 Å². The highest BCUT2D eigenvalue weighted by Gasteiger charge is 2.31. The van der Waals surface area contributed by atoms with Crippen LogP contribution in [0, 0.1) is 0 Å². The zero-order valence-electron chi connectivity index (χ0n) is 20.8. The number of likely N-dealkylation sites (tertiary alicyclic amines) is 1. The highest BCUT2D eigenvalue weighted by Crippen LogP contribution is 2.28. The van der Waals surface area contributed by atoms with Crippen molar-refractivity contribution in [3.05, 3.63) is 83.7 Å². The van der Waals surface area contributed by atoms with Crippen molar-refractivity contribution in [2.45, 2.75) is 37.9 Å². The molecular formula is C28H37N7. The lowest BCUT2D eigenvalue weighted by Gasteiger charge is -2.38. The number of benzene rings is 2. The minimum atomic E-state index is 0.0783. The fourth-order valence-corrected chi connectivity index (χ4v) is 5.45. The summed E-state index contributed by atoms with van der Waals surface area (Å²) in [5, 5.41) is 13.1. The van der Waals surface area contributed by atoms with Crippen LogP contribution in [0.15, 0.2) is 66.7 Å². The minimum Gasteiger partial charge on any atom is -0.303 e. The van der Waals surface area contributed by atoms with Gasteiger partial charge in [0.15, 0.2) is 5.82 Å².